The lowest BCUT2D eigenvalue weighted by molar-refractivity contribution is -0.274. The van der Waals surface area contributed by atoms with Crippen molar-refractivity contribution >= 4 is 5.91 Å². The van der Waals surface area contributed by atoms with Gasteiger partial charge in [0.05, 0.1) is 5.56 Å². The number of ether oxygens (including phenoxy) is 2. The van der Waals surface area contributed by atoms with E-state index >= 15 is 0 Å². The summed E-state index contributed by atoms with van der Waals surface area (Å²) in [5, 5.41) is 2.87. The molecule has 1 aliphatic rings. The molecule has 3 heterocycles. The van der Waals surface area contributed by atoms with E-state index in [2.05, 4.69) is 19.9 Å². The molecule has 1 aliphatic heterocycles. The van der Waals surface area contributed by atoms with Crippen molar-refractivity contribution in [3.8, 4) is 17.3 Å². The number of nitrogens with one attached hydrogen (secondary N) is 1. The highest BCUT2D eigenvalue weighted by molar-refractivity contribution is 5.77. The zero-order valence-corrected chi connectivity index (χ0v) is 19.9. The highest BCUT2D eigenvalue weighted by atomic mass is 19.4. The molecule has 0 unspecified atom stereocenters. The normalized spacial score (nSPS) is 15.3. The number of carbonyl (C=O) groups is 1. The number of halogens is 6. The van der Waals surface area contributed by atoms with Crippen molar-refractivity contribution < 1.29 is 40.6 Å². The van der Waals surface area contributed by atoms with Crippen molar-refractivity contribution in [3.63, 3.8) is 0 Å². The predicted molar refractivity (Wildman–Crippen MR) is 124 cm³/mol. The number of pyridine rings is 1. The Morgan fingerprint density at radius 1 is 1.03 bits per heavy atom. The van der Waals surface area contributed by atoms with Crippen LogP contribution in [0.4, 0.5) is 26.3 Å². The van der Waals surface area contributed by atoms with Crippen molar-refractivity contribution in [2.24, 2.45) is 0 Å². The highest BCUT2D eigenvalue weighted by Gasteiger charge is 2.31. The third-order valence-electron chi connectivity index (χ3n) is 5.86. The molecule has 0 spiro atoms. The minimum atomic E-state index is -4.82. The third-order valence-corrected chi connectivity index (χ3v) is 5.86. The van der Waals surface area contributed by atoms with Crippen molar-refractivity contribution in [1.29, 1.82) is 0 Å². The quantitative estimate of drug-likeness (QED) is 0.408. The summed E-state index contributed by atoms with van der Waals surface area (Å²) in [6.45, 7) is 1.72. The van der Waals surface area contributed by atoms with Gasteiger partial charge in [-0.2, -0.15) is 13.2 Å². The number of amides is 1. The van der Waals surface area contributed by atoms with Gasteiger partial charge in [-0.15, -0.1) is 13.2 Å². The number of aromatic nitrogens is 2. The molecule has 1 saturated heterocycles. The van der Waals surface area contributed by atoms with Gasteiger partial charge in [-0.3, -0.25) is 9.69 Å². The van der Waals surface area contributed by atoms with E-state index in [4.69, 9.17) is 4.74 Å². The lowest BCUT2D eigenvalue weighted by atomic mass is 10.0. The Balaban J connectivity index is 1.20. The Kier molecular flexibility index (Phi) is 8.14. The molecule has 1 amide bonds. The van der Waals surface area contributed by atoms with Crippen LogP contribution < -0.4 is 14.8 Å². The third kappa shape index (κ3) is 7.88. The maximum absolute atomic E-state index is 12.7. The molecule has 4 rings (SSSR count). The van der Waals surface area contributed by atoms with Crippen molar-refractivity contribution in [2.45, 2.75) is 38.0 Å². The van der Waals surface area contributed by atoms with Crippen LogP contribution in [0.15, 0.2) is 61.1 Å². The molecule has 204 valence electrons. The molecule has 1 aromatic carbocycles. The zero-order chi connectivity index (χ0) is 27.3. The van der Waals surface area contributed by atoms with E-state index in [9.17, 15) is 31.1 Å². The first kappa shape index (κ1) is 27.3. The summed E-state index contributed by atoms with van der Waals surface area (Å²) in [6.07, 6.45) is -3.51. The van der Waals surface area contributed by atoms with Gasteiger partial charge in [0.15, 0.2) is 6.61 Å². The predicted octanol–water partition coefficient (Wildman–Crippen LogP) is 4.95. The second-order valence-corrected chi connectivity index (χ2v) is 8.76. The lowest BCUT2D eigenvalue weighted by Crippen LogP contribution is -2.45. The molecule has 0 radical (unpaired) electrons. The summed E-state index contributed by atoms with van der Waals surface area (Å²) < 4.78 is 86.0. The van der Waals surface area contributed by atoms with Crippen molar-refractivity contribution in [2.75, 3.05) is 19.7 Å². The Morgan fingerprint density at radius 3 is 2.42 bits per heavy atom. The average Bonchev–Trinajstić information content (AvgIpc) is 3.31. The minimum absolute atomic E-state index is 0.0665. The fourth-order valence-electron chi connectivity index (χ4n) is 4.06. The topological polar surface area (TPSA) is 68.6 Å². The highest BCUT2D eigenvalue weighted by Crippen LogP contribution is 2.29. The van der Waals surface area contributed by atoms with E-state index in [1.165, 1.54) is 18.2 Å². The second-order valence-electron chi connectivity index (χ2n) is 8.76. The number of carbonyl (C=O) groups excluding carboxylic acids is 1. The van der Waals surface area contributed by atoms with Crippen LogP contribution in [-0.4, -0.2) is 52.5 Å². The number of hydrogen-bond acceptors (Lipinski definition) is 5. The van der Waals surface area contributed by atoms with E-state index in [0.717, 1.165) is 30.0 Å². The largest absolute Gasteiger partial charge is 0.573 e. The standard InChI is InChI=1S/C25H24F6N4O3/c26-24(27,28)18-4-5-22(32-13-18)35-11-6-17(15-35)14-34-9-7-19(8-10-34)33-23(36)16-37-20-2-1-3-21(12-20)38-25(29,30)31/h1-6,11-13,15,19H,7-10,14,16H2,(H,33,36). The van der Waals surface area contributed by atoms with E-state index in [1.54, 1.807) is 10.8 Å². The molecular formula is C25H24F6N4O3. The summed E-state index contributed by atoms with van der Waals surface area (Å²) in [5.74, 6) is -0.358. The average molecular weight is 542 g/mol. The van der Waals surface area contributed by atoms with Crippen molar-refractivity contribution in [3.05, 3.63) is 72.2 Å². The van der Waals surface area contributed by atoms with Crippen LogP contribution >= 0.6 is 0 Å². The molecule has 0 aliphatic carbocycles. The first-order valence-corrected chi connectivity index (χ1v) is 11.7. The molecule has 7 nitrogen and oxygen atoms in total. The summed E-state index contributed by atoms with van der Waals surface area (Å²) in [7, 11) is 0. The van der Waals surface area contributed by atoms with Gasteiger partial charge in [-0.1, -0.05) is 6.07 Å². The number of alkyl halides is 6. The summed E-state index contributed by atoms with van der Waals surface area (Å²) in [6, 6.07) is 9.06. The first-order chi connectivity index (χ1) is 17.9. The number of piperidine rings is 1. The molecule has 13 heteroatoms. The Hall–Kier alpha value is -3.74. The molecule has 3 aromatic rings. The first-order valence-electron chi connectivity index (χ1n) is 11.7. The van der Waals surface area contributed by atoms with E-state index < -0.39 is 23.9 Å². The number of likely N-dealkylation sites (tertiary alicyclic amines) is 1. The van der Waals surface area contributed by atoms with Crippen LogP contribution in [0.2, 0.25) is 0 Å². The van der Waals surface area contributed by atoms with Crippen LogP contribution in [0, 0.1) is 0 Å². The molecule has 1 N–H and O–H groups in total. The van der Waals surface area contributed by atoms with Gasteiger partial charge in [0.2, 0.25) is 0 Å². The lowest BCUT2D eigenvalue weighted by Gasteiger charge is -2.32. The SMILES string of the molecule is O=C(COc1cccc(OC(F)(F)F)c1)NC1CCN(Cc2ccn(-c3ccc(C(F)(F)F)cn3)c2)CC1. The Morgan fingerprint density at radius 2 is 1.76 bits per heavy atom. The van der Waals surface area contributed by atoms with Gasteiger partial charge < -0.3 is 19.4 Å². The van der Waals surface area contributed by atoms with E-state index in [-0.39, 0.29) is 24.3 Å². The van der Waals surface area contributed by atoms with Crippen LogP contribution in [0.1, 0.15) is 24.0 Å². The summed E-state index contributed by atoms with van der Waals surface area (Å²) >= 11 is 0. The van der Waals surface area contributed by atoms with Crippen LogP contribution in [0.5, 0.6) is 11.5 Å². The molecule has 0 bridgehead atoms. The van der Waals surface area contributed by atoms with Gasteiger partial charge >= 0.3 is 12.5 Å². The van der Waals surface area contributed by atoms with Gasteiger partial charge in [0, 0.05) is 50.3 Å². The maximum atomic E-state index is 12.7. The van der Waals surface area contributed by atoms with E-state index in [0.29, 0.717) is 38.3 Å². The second kappa shape index (κ2) is 11.3. The number of benzene rings is 1. The molecule has 2 aromatic heterocycles. The number of nitrogens with zero attached hydrogens (tertiary/aromatic N) is 3. The molecule has 0 atom stereocenters. The van der Waals surface area contributed by atoms with Crippen LogP contribution in [0.25, 0.3) is 5.82 Å². The van der Waals surface area contributed by atoms with Crippen molar-refractivity contribution in [1.82, 2.24) is 19.8 Å². The zero-order valence-electron chi connectivity index (χ0n) is 19.9. The molecular weight excluding hydrogens is 518 g/mol. The van der Waals surface area contributed by atoms with E-state index in [1.807, 2.05) is 12.3 Å². The van der Waals surface area contributed by atoms with Gasteiger partial charge in [0.25, 0.3) is 5.91 Å². The summed E-state index contributed by atoms with van der Waals surface area (Å²) in [4.78, 5) is 18.3. The molecule has 0 saturated carbocycles. The summed E-state index contributed by atoms with van der Waals surface area (Å²) in [5.41, 5.74) is 0.166. The maximum Gasteiger partial charge on any atom is 0.573 e. The number of rotatable bonds is 8. The molecule has 38 heavy (non-hydrogen) atoms. The van der Waals surface area contributed by atoms with Gasteiger partial charge in [-0.05, 0) is 48.7 Å². The minimum Gasteiger partial charge on any atom is -0.484 e. The fraction of sp³-hybridized carbons (Fsp3) is 0.360. The fourth-order valence-corrected chi connectivity index (χ4v) is 4.06. The van der Waals surface area contributed by atoms with Crippen LogP contribution in [-0.2, 0) is 17.5 Å². The van der Waals surface area contributed by atoms with Gasteiger partial charge in [0.1, 0.15) is 17.3 Å². The monoisotopic (exact) mass is 542 g/mol. The molecule has 1 fully saturated rings. The Bertz CT molecular complexity index is 1220. The van der Waals surface area contributed by atoms with Gasteiger partial charge in [-0.25, -0.2) is 4.98 Å². The Labute approximate surface area is 214 Å². The smallest absolute Gasteiger partial charge is 0.484 e. The van der Waals surface area contributed by atoms with Crippen LogP contribution in [0.3, 0.4) is 0 Å². The number of hydrogen-bond donors (Lipinski definition) is 1.